The number of para-hydroxylation sites is 1. The Bertz CT molecular complexity index is 736. The first kappa shape index (κ1) is 25.0. The van der Waals surface area contributed by atoms with E-state index in [9.17, 15) is 4.79 Å². The van der Waals surface area contributed by atoms with Crippen LogP contribution in [0.5, 0.6) is 0 Å². The minimum atomic E-state index is 0. The van der Waals surface area contributed by atoms with E-state index >= 15 is 0 Å². The molecule has 2 unspecified atom stereocenters. The summed E-state index contributed by atoms with van der Waals surface area (Å²) in [7, 11) is 1.80. The number of hydrogen-bond donors (Lipinski definition) is 1. The molecule has 32 heavy (non-hydrogen) atoms. The van der Waals surface area contributed by atoms with Crippen LogP contribution in [-0.4, -0.2) is 99.9 Å². The third kappa shape index (κ3) is 6.48. The lowest BCUT2D eigenvalue weighted by atomic mass is 10.1. The van der Waals surface area contributed by atoms with Crippen molar-refractivity contribution in [3.63, 3.8) is 0 Å². The summed E-state index contributed by atoms with van der Waals surface area (Å²) in [6, 6.07) is 10.4. The molecule has 9 heteroatoms. The van der Waals surface area contributed by atoms with Gasteiger partial charge in [0.1, 0.15) is 6.10 Å². The highest BCUT2D eigenvalue weighted by Crippen LogP contribution is 2.21. The van der Waals surface area contributed by atoms with Gasteiger partial charge in [-0.1, -0.05) is 18.2 Å². The van der Waals surface area contributed by atoms with E-state index in [0.29, 0.717) is 19.6 Å². The number of halogens is 1. The molecule has 0 saturated carbocycles. The van der Waals surface area contributed by atoms with Crippen molar-refractivity contribution in [2.24, 2.45) is 4.99 Å². The molecule has 0 bridgehead atoms. The summed E-state index contributed by atoms with van der Waals surface area (Å²) in [5.74, 6) is 1.04. The summed E-state index contributed by atoms with van der Waals surface area (Å²) >= 11 is 0. The molecular weight excluding hydrogens is 521 g/mol. The molecular formula is C23H36IN5O3. The van der Waals surface area contributed by atoms with Crippen LogP contribution in [0.25, 0.3) is 0 Å². The van der Waals surface area contributed by atoms with Crippen molar-refractivity contribution in [2.75, 3.05) is 71.0 Å². The topological polar surface area (TPSA) is 69.6 Å². The average Bonchev–Trinajstić information content (AvgIpc) is 3.38. The molecule has 1 N–H and O–H groups in total. The normalized spacial score (nSPS) is 24.3. The van der Waals surface area contributed by atoms with Gasteiger partial charge in [0, 0.05) is 71.6 Å². The van der Waals surface area contributed by atoms with Crippen LogP contribution >= 0.6 is 24.0 Å². The van der Waals surface area contributed by atoms with Gasteiger partial charge in [-0.3, -0.25) is 9.79 Å². The van der Waals surface area contributed by atoms with Gasteiger partial charge in [-0.2, -0.15) is 0 Å². The van der Waals surface area contributed by atoms with Crippen LogP contribution < -0.4 is 10.2 Å². The maximum Gasteiger partial charge on any atom is 0.224 e. The standard InChI is InChI=1S/C23H35N5O3.HI/c1-24-23(28-15-17-31-21(18-28)20-8-5-16-30-20)25-10-9-22(29)27-13-11-26(12-14-27)19-6-3-2-4-7-19;/h2-4,6-7,20-21H,5,8-18H2,1H3,(H,24,25);1H. The Morgan fingerprint density at radius 1 is 1.03 bits per heavy atom. The van der Waals surface area contributed by atoms with Crippen LogP contribution in [0.2, 0.25) is 0 Å². The third-order valence-electron chi connectivity index (χ3n) is 6.36. The monoisotopic (exact) mass is 557 g/mol. The van der Waals surface area contributed by atoms with Crippen LogP contribution in [0.1, 0.15) is 19.3 Å². The number of anilines is 1. The van der Waals surface area contributed by atoms with E-state index in [4.69, 9.17) is 9.47 Å². The second kappa shape index (κ2) is 12.6. The zero-order valence-electron chi connectivity index (χ0n) is 18.9. The quantitative estimate of drug-likeness (QED) is 0.339. The smallest absolute Gasteiger partial charge is 0.224 e. The Labute approximate surface area is 208 Å². The molecule has 0 radical (unpaired) electrons. The zero-order chi connectivity index (χ0) is 21.5. The van der Waals surface area contributed by atoms with E-state index in [-0.39, 0.29) is 42.1 Å². The fraction of sp³-hybridized carbons (Fsp3) is 0.652. The average molecular weight is 557 g/mol. The minimum absolute atomic E-state index is 0. The number of amides is 1. The van der Waals surface area contributed by atoms with Gasteiger partial charge >= 0.3 is 0 Å². The first-order valence-corrected chi connectivity index (χ1v) is 11.5. The molecule has 0 aromatic heterocycles. The molecule has 1 aromatic carbocycles. The van der Waals surface area contributed by atoms with E-state index in [1.54, 1.807) is 7.05 Å². The predicted molar refractivity (Wildman–Crippen MR) is 137 cm³/mol. The summed E-state index contributed by atoms with van der Waals surface area (Å²) < 4.78 is 11.7. The molecule has 3 aliphatic rings. The molecule has 178 valence electrons. The summed E-state index contributed by atoms with van der Waals surface area (Å²) in [5.41, 5.74) is 1.23. The molecule has 3 aliphatic heterocycles. The van der Waals surface area contributed by atoms with Gasteiger partial charge < -0.3 is 29.5 Å². The molecule has 0 aliphatic carbocycles. The van der Waals surface area contributed by atoms with Crippen LogP contribution in [-0.2, 0) is 14.3 Å². The van der Waals surface area contributed by atoms with E-state index in [2.05, 4.69) is 44.4 Å². The maximum atomic E-state index is 12.7. The lowest BCUT2D eigenvalue weighted by Gasteiger charge is -2.37. The highest BCUT2D eigenvalue weighted by molar-refractivity contribution is 14.0. The van der Waals surface area contributed by atoms with Gasteiger partial charge in [-0.25, -0.2) is 0 Å². The number of hydrogen-bond acceptors (Lipinski definition) is 5. The minimum Gasteiger partial charge on any atom is -0.375 e. The summed E-state index contributed by atoms with van der Waals surface area (Å²) in [5, 5.41) is 3.38. The predicted octanol–water partition coefficient (Wildman–Crippen LogP) is 1.80. The molecule has 3 fully saturated rings. The first-order valence-electron chi connectivity index (χ1n) is 11.5. The number of piperazine rings is 1. The largest absolute Gasteiger partial charge is 0.375 e. The van der Waals surface area contributed by atoms with Gasteiger partial charge in [-0.15, -0.1) is 24.0 Å². The van der Waals surface area contributed by atoms with Gasteiger partial charge in [-0.05, 0) is 25.0 Å². The van der Waals surface area contributed by atoms with Crippen molar-refractivity contribution in [3.8, 4) is 0 Å². The molecule has 4 rings (SSSR count). The number of benzene rings is 1. The van der Waals surface area contributed by atoms with Crippen molar-refractivity contribution in [3.05, 3.63) is 30.3 Å². The number of morpholine rings is 1. The van der Waals surface area contributed by atoms with E-state index < -0.39 is 0 Å². The molecule has 1 amide bonds. The van der Waals surface area contributed by atoms with Crippen LogP contribution in [0.3, 0.4) is 0 Å². The van der Waals surface area contributed by atoms with Gasteiger partial charge in [0.15, 0.2) is 5.96 Å². The second-order valence-corrected chi connectivity index (χ2v) is 8.33. The lowest BCUT2D eigenvalue weighted by molar-refractivity contribution is -0.131. The highest BCUT2D eigenvalue weighted by Gasteiger charge is 2.32. The molecule has 0 spiro atoms. The highest BCUT2D eigenvalue weighted by atomic mass is 127. The van der Waals surface area contributed by atoms with Crippen molar-refractivity contribution in [1.82, 2.24) is 15.1 Å². The van der Waals surface area contributed by atoms with Crippen molar-refractivity contribution in [1.29, 1.82) is 0 Å². The fourth-order valence-corrected chi connectivity index (χ4v) is 4.61. The zero-order valence-corrected chi connectivity index (χ0v) is 21.3. The van der Waals surface area contributed by atoms with Gasteiger partial charge in [0.2, 0.25) is 5.91 Å². The van der Waals surface area contributed by atoms with Crippen LogP contribution in [0.4, 0.5) is 5.69 Å². The summed E-state index contributed by atoms with van der Waals surface area (Å²) in [6.45, 7) is 6.98. The fourth-order valence-electron chi connectivity index (χ4n) is 4.61. The van der Waals surface area contributed by atoms with E-state index in [0.717, 1.165) is 64.7 Å². The SMILES string of the molecule is CN=C(NCCC(=O)N1CCN(c2ccccc2)CC1)N1CCOC(C2CCCO2)C1.I. The molecule has 3 saturated heterocycles. The number of carbonyl (C=O) groups is 1. The lowest BCUT2D eigenvalue weighted by Crippen LogP contribution is -2.54. The Kier molecular flexibility index (Phi) is 9.86. The Hall–Kier alpha value is -1.59. The number of carbonyl (C=O) groups excluding carboxylic acids is 1. The Balaban J connectivity index is 0.00000289. The number of ether oxygens (including phenoxy) is 2. The van der Waals surface area contributed by atoms with Crippen molar-refractivity contribution in [2.45, 2.75) is 31.5 Å². The van der Waals surface area contributed by atoms with Crippen LogP contribution in [0, 0.1) is 0 Å². The number of aliphatic imine (C=N–C) groups is 1. The Morgan fingerprint density at radius 3 is 2.47 bits per heavy atom. The summed E-state index contributed by atoms with van der Waals surface area (Å²) in [6.07, 6.45) is 2.94. The van der Waals surface area contributed by atoms with Crippen LogP contribution in [0.15, 0.2) is 35.3 Å². The number of nitrogens with zero attached hydrogens (tertiary/aromatic N) is 4. The molecule has 3 heterocycles. The van der Waals surface area contributed by atoms with E-state index in [1.807, 2.05) is 11.0 Å². The van der Waals surface area contributed by atoms with Crippen molar-refractivity contribution < 1.29 is 14.3 Å². The molecule has 1 aromatic rings. The third-order valence-corrected chi connectivity index (χ3v) is 6.36. The summed E-state index contributed by atoms with van der Waals surface area (Å²) in [4.78, 5) is 23.7. The van der Waals surface area contributed by atoms with Crippen molar-refractivity contribution >= 4 is 41.5 Å². The van der Waals surface area contributed by atoms with E-state index in [1.165, 1.54) is 5.69 Å². The maximum absolute atomic E-state index is 12.7. The number of guanidine groups is 1. The number of rotatable bonds is 5. The van der Waals surface area contributed by atoms with Gasteiger partial charge in [0.25, 0.3) is 0 Å². The van der Waals surface area contributed by atoms with Gasteiger partial charge in [0.05, 0.1) is 12.7 Å². The molecule has 8 nitrogen and oxygen atoms in total. The number of nitrogens with one attached hydrogen (secondary N) is 1. The second-order valence-electron chi connectivity index (χ2n) is 8.33. The molecule has 2 atom stereocenters. The first-order chi connectivity index (χ1) is 15.2. The Morgan fingerprint density at radius 2 is 1.78 bits per heavy atom.